The predicted octanol–water partition coefficient (Wildman–Crippen LogP) is 0.721. The standard InChI is InChI=1S/C12H15N2O2/c1-2-4-11(5-3-1)12(15-10-16-12)14-8-6-13-7-9-14/h1-5H,6-10H2. The molecule has 4 nitrogen and oxygen atoms in total. The SMILES string of the molecule is c1ccc(C2(N3CC[N]CC3)OCO2)cc1. The van der Waals surface area contributed by atoms with E-state index in [1.54, 1.807) is 0 Å². The molecule has 2 aliphatic heterocycles. The lowest BCUT2D eigenvalue weighted by atomic mass is 10.1. The second-order valence-corrected chi connectivity index (χ2v) is 4.01. The second kappa shape index (κ2) is 4.14. The fourth-order valence-electron chi connectivity index (χ4n) is 2.25. The van der Waals surface area contributed by atoms with Crippen LogP contribution in [-0.2, 0) is 15.4 Å². The van der Waals surface area contributed by atoms with Crippen LogP contribution >= 0.6 is 0 Å². The van der Waals surface area contributed by atoms with Gasteiger partial charge < -0.3 is 9.47 Å². The third kappa shape index (κ3) is 1.55. The Morgan fingerprint density at radius 1 is 1.06 bits per heavy atom. The third-order valence-electron chi connectivity index (χ3n) is 3.12. The molecule has 0 bridgehead atoms. The van der Waals surface area contributed by atoms with Crippen molar-refractivity contribution in [1.29, 1.82) is 0 Å². The number of piperazine rings is 1. The van der Waals surface area contributed by atoms with Crippen molar-refractivity contribution in [3.05, 3.63) is 35.9 Å². The van der Waals surface area contributed by atoms with Gasteiger partial charge in [0.2, 0.25) is 0 Å². The lowest BCUT2D eigenvalue weighted by Crippen LogP contribution is -2.61. The van der Waals surface area contributed by atoms with Gasteiger partial charge in [-0.05, 0) is 0 Å². The normalized spacial score (nSPS) is 25.0. The van der Waals surface area contributed by atoms with Crippen LogP contribution < -0.4 is 5.32 Å². The van der Waals surface area contributed by atoms with E-state index >= 15 is 0 Å². The van der Waals surface area contributed by atoms with Crippen LogP contribution in [0.5, 0.6) is 0 Å². The van der Waals surface area contributed by atoms with Crippen LogP contribution in [0.2, 0.25) is 0 Å². The minimum absolute atomic E-state index is 0.378. The molecule has 0 aliphatic carbocycles. The first-order valence-electron chi connectivity index (χ1n) is 5.63. The van der Waals surface area contributed by atoms with Crippen LogP contribution in [0.4, 0.5) is 0 Å². The van der Waals surface area contributed by atoms with Crippen LogP contribution in [0.3, 0.4) is 0 Å². The third-order valence-corrected chi connectivity index (χ3v) is 3.12. The molecule has 85 valence electrons. The first-order chi connectivity index (χ1) is 7.92. The Labute approximate surface area is 95.1 Å². The molecule has 0 amide bonds. The quantitative estimate of drug-likeness (QED) is 0.735. The van der Waals surface area contributed by atoms with E-state index in [0.29, 0.717) is 6.79 Å². The highest BCUT2D eigenvalue weighted by molar-refractivity contribution is 5.21. The molecule has 1 aromatic carbocycles. The summed E-state index contributed by atoms with van der Waals surface area (Å²) in [5.74, 6) is -0.642. The number of hydrogen-bond acceptors (Lipinski definition) is 3. The molecule has 0 spiro atoms. The van der Waals surface area contributed by atoms with Crippen LogP contribution in [0.25, 0.3) is 0 Å². The average Bonchev–Trinajstić information content (AvgIpc) is 2.31. The molecule has 2 fully saturated rings. The van der Waals surface area contributed by atoms with Crippen molar-refractivity contribution < 1.29 is 9.47 Å². The van der Waals surface area contributed by atoms with Gasteiger partial charge in [0.05, 0.1) is 0 Å². The summed E-state index contributed by atoms with van der Waals surface area (Å²) < 4.78 is 11.4. The van der Waals surface area contributed by atoms with E-state index in [2.05, 4.69) is 10.2 Å². The van der Waals surface area contributed by atoms with Crippen molar-refractivity contribution in [1.82, 2.24) is 10.2 Å². The topological polar surface area (TPSA) is 35.8 Å². The molecular weight excluding hydrogens is 204 g/mol. The van der Waals surface area contributed by atoms with Gasteiger partial charge in [-0.25, -0.2) is 10.2 Å². The van der Waals surface area contributed by atoms with Gasteiger partial charge in [0, 0.05) is 31.7 Å². The summed E-state index contributed by atoms with van der Waals surface area (Å²) in [5.41, 5.74) is 1.07. The molecule has 2 aliphatic rings. The average molecular weight is 219 g/mol. The molecule has 1 radical (unpaired) electrons. The number of nitrogens with zero attached hydrogens (tertiary/aromatic N) is 2. The van der Waals surface area contributed by atoms with Crippen LogP contribution in [-0.4, -0.2) is 37.9 Å². The van der Waals surface area contributed by atoms with Gasteiger partial charge >= 0.3 is 0 Å². The smallest absolute Gasteiger partial charge is 0.262 e. The molecule has 0 atom stereocenters. The summed E-state index contributed by atoms with van der Waals surface area (Å²) in [7, 11) is 0. The Balaban J connectivity index is 1.87. The number of rotatable bonds is 2. The Kier molecular flexibility index (Phi) is 2.65. The maximum atomic E-state index is 5.71. The predicted molar refractivity (Wildman–Crippen MR) is 58.6 cm³/mol. The first-order valence-corrected chi connectivity index (χ1v) is 5.63. The molecule has 0 N–H and O–H groups in total. The summed E-state index contributed by atoms with van der Waals surface area (Å²) in [4.78, 5) is 2.22. The van der Waals surface area contributed by atoms with E-state index in [0.717, 1.165) is 31.7 Å². The molecular formula is C12H15N2O2. The Morgan fingerprint density at radius 3 is 2.31 bits per heavy atom. The first kappa shape index (κ1) is 10.2. The van der Waals surface area contributed by atoms with Gasteiger partial charge in [-0.15, -0.1) is 0 Å². The Bertz CT molecular complexity index is 345. The molecule has 16 heavy (non-hydrogen) atoms. The van der Waals surface area contributed by atoms with Gasteiger partial charge in [-0.1, -0.05) is 30.3 Å². The van der Waals surface area contributed by atoms with Gasteiger partial charge in [0.1, 0.15) is 0 Å². The highest BCUT2D eigenvalue weighted by Gasteiger charge is 2.47. The van der Waals surface area contributed by atoms with Crippen molar-refractivity contribution in [2.45, 2.75) is 5.91 Å². The van der Waals surface area contributed by atoms with E-state index in [4.69, 9.17) is 9.47 Å². The summed E-state index contributed by atoms with van der Waals surface area (Å²) in [5, 5.41) is 4.34. The zero-order valence-electron chi connectivity index (χ0n) is 9.13. The maximum absolute atomic E-state index is 5.71. The summed E-state index contributed by atoms with van der Waals surface area (Å²) >= 11 is 0. The molecule has 1 aromatic rings. The molecule has 0 saturated carbocycles. The lowest BCUT2D eigenvalue weighted by molar-refractivity contribution is -0.468. The summed E-state index contributed by atoms with van der Waals surface area (Å²) in [6.45, 7) is 3.90. The lowest BCUT2D eigenvalue weighted by Gasteiger charge is -2.49. The monoisotopic (exact) mass is 219 g/mol. The van der Waals surface area contributed by atoms with Gasteiger partial charge in [-0.2, -0.15) is 0 Å². The zero-order chi connectivity index (χ0) is 10.8. The largest absolute Gasteiger partial charge is 0.306 e. The summed E-state index contributed by atoms with van der Waals surface area (Å²) in [6, 6.07) is 10.1. The minimum atomic E-state index is -0.642. The van der Waals surface area contributed by atoms with E-state index in [1.807, 2.05) is 30.3 Å². The zero-order valence-corrected chi connectivity index (χ0v) is 9.13. The molecule has 0 aromatic heterocycles. The Morgan fingerprint density at radius 2 is 1.75 bits per heavy atom. The highest BCUT2D eigenvalue weighted by atomic mass is 16.9. The molecule has 4 heteroatoms. The second-order valence-electron chi connectivity index (χ2n) is 4.01. The minimum Gasteiger partial charge on any atom is -0.306 e. The van der Waals surface area contributed by atoms with Crippen molar-refractivity contribution in [2.24, 2.45) is 0 Å². The van der Waals surface area contributed by atoms with E-state index in [1.165, 1.54) is 0 Å². The fraction of sp³-hybridized carbons (Fsp3) is 0.500. The molecule has 3 rings (SSSR count). The number of benzene rings is 1. The van der Waals surface area contributed by atoms with E-state index in [-0.39, 0.29) is 0 Å². The summed E-state index contributed by atoms with van der Waals surface area (Å²) in [6.07, 6.45) is 0. The van der Waals surface area contributed by atoms with Gasteiger partial charge in [0.15, 0.2) is 6.79 Å². The van der Waals surface area contributed by atoms with Crippen LogP contribution in [0, 0.1) is 0 Å². The Hall–Kier alpha value is -0.940. The maximum Gasteiger partial charge on any atom is 0.262 e. The number of hydrogen-bond donors (Lipinski definition) is 0. The highest BCUT2D eigenvalue weighted by Crippen LogP contribution is 2.38. The molecule has 2 saturated heterocycles. The van der Waals surface area contributed by atoms with Crippen molar-refractivity contribution >= 4 is 0 Å². The van der Waals surface area contributed by atoms with E-state index in [9.17, 15) is 0 Å². The van der Waals surface area contributed by atoms with Crippen molar-refractivity contribution in [2.75, 3.05) is 33.0 Å². The molecule has 2 heterocycles. The fourth-order valence-corrected chi connectivity index (χ4v) is 2.25. The molecule has 0 unspecified atom stereocenters. The van der Waals surface area contributed by atoms with Crippen molar-refractivity contribution in [3.63, 3.8) is 0 Å². The number of ether oxygens (including phenoxy) is 2. The van der Waals surface area contributed by atoms with Crippen molar-refractivity contribution in [3.8, 4) is 0 Å². The van der Waals surface area contributed by atoms with Crippen LogP contribution in [0.1, 0.15) is 5.56 Å². The van der Waals surface area contributed by atoms with Gasteiger partial charge in [0.25, 0.3) is 5.91 Å². The van der Waals surface area contributed by atoms with Gasteiger partial charge in [-0.3, -0.25) is 0 Å². The van der Waals surface area contributed by atoms with E-state index < -0.39 is 5.91 Å². The van der Waals surface area contributed by atoms with Crippen LogP contribution in [0.15, 0.2) is 30.3 Å².